The third-order valence-corrected chi connectivity index (χ3v) is 2.65. The van der Waals surface area contributed by atoms with Crippen molar-refractivity contribution in [2.75, 3.05) is 0 Å². The number of hydrogen-bond acceptors (Lipinski definition) is 0. The standard InChI is InChI=1S/C14H10.2BrH.Ni/c1-3-7-13-11(5-1)9-10-12-6-2-4-8-14(12)13;;;/h1-10H;2*1H;/q;;;+2/p-2. The molecule has 0 fully saturated rings. The van der Waals surface area contributed by atoms with E-state index in [1.54, 1.807) is 0 Å². The van der Waals surface area contributed by atoms with Crippen LogP contribution in [-0.4, -0.2) is 0 Å². The minimum Gasteiger partial charge on any atom is -0.0616 e. The van der Waals surface area contributed by atoms with Gasteiger partial charge in [-0.15, -0.1) is 0 Å². The molecular weight excluding hydrogens is 387 g/mol. The van der Waals surface area contributed by atoms with Crippen molar-refractivity contribution in [3.8, 4) is 0 Å². The predicted molar refractivity (Wildman–Crippen MR) is 79.3 cm³/mol. The van der Waals surface area contributed by atoms with E-state index in [9.17, 15) is 0 Å². The van der Waals surface area contributed by atoms with Gasteiger partial charge < -0.3 is 0 Å². The normalized spacial score (nSPS) is 10.2. The van der Waals surface area contributed by atoms with Crippen LogP contribution < -0.4 is 0 Å². The molecular formula is C14H10Br2Ni. The molecule has 0 atom stereocenters. The molecule has 0 saturated heterocycles. The van der Waals surface area contributed by atoms with Gasteiger partial charge in [0.1, 0.15) is 0 Å². The number of rotatable bonds is 0. The van der Waals surface area contributed by atoms with Gasteiger partial charge in [-0.3, -0.25) is 0 Å². The molecule has 3 aromatic carbocycles. The van der Waals surface area contributed by atoms with Gasteiger partial charge in [0.2, 0.25) is 0 Å². The zero-order chi connectivity index (χ0) is 12.1. The Labute approximate surface area is 121 Å². The van der Waals surface area contributed by atoms with Gasteiger partial charge in [0, 0.05) is 0 Å². The van der Waals surface area contributed by atoms with Crippen LogP contribution in [0.2, 0.25) is 0 Å². The summed E-state index contributed by atoms with van der Waals surface area (Å²) in [6.07, 6.45) is 0. The summed E-state index contributed by atoms with van der Waals surface area (Å²) in [6.45, 7) is 0. The molecule has 0 aliphatic heterocycles. The maximum atomic E-state index is 3.00. The summed E-state index contributed by atoms with van der Waals surface area (Å²) in [6, 6.07) is 21.4. The molecule has 0 amide bonds. The SMILES string of the molecule is [Br][Ni][Br].c1ccc2c(c1)ccc1ccccc12. The molecule has 0 heterocycles. The molecule has 17 heavy (non-hydrogen) atoms. The molecule has 0 bridgehead atoms. The van der Waals surface area contributed by atoms with Crippen LogP contribution in [0.25, 0.3) is 21.5 Å². The van der Waals surface area contributed by atoms with Crippen molar-refractivity contribution in [1.29, 1.82) is 0 Å². The van der Waals surface area contributed by atoms with Crippen LogP contribution in [0.15, 0.2) is 60.7 Å². The number of hydrogen-bond donors (Lipinski definition) is 0. The van der Waals surface area contributed by atoms with Crippen LogP contribution in [0, 0.1) is 0 Å². The maximum Gasteiger partial charge on any atom is -0.0105 e. The van der Waals surface area contributed by atoms with Gasteiger partial charge in [-0.2, -0.15) is 0 Å². The Morgan fingerprint density at radius 3 is 1.35 bits per heavy atom. The van der Waals surface area contributed by atoms with Gasteiger partial charge >= 0.3 is 39.3 Å². The Balaban J connectivity index is 0.000000329. The Morgan fingerprint density at radius 1 is 0.588 bits per heavy atom. The van der Waals surface area contributed by atoms with Crippen molar-refractivity contribution >= 4 is 50.0 Å². The molecule has 0 nitrogen and oxygen atoms in total. The van der Waals surface area contributed by atoms with E-state index in [-0.39, 0.29) is 0 Å². The van der Waals surface area contributed by atoms with E-state index in [1.807, 2.05) is 0 Å². The van der Waals surface area contributed by atoms with Crippen molar-refractivity contribution in [2.24, 2.45) is 0 Å². The van der Waals surface area contributed by atoms with Crippen molar-refractivity contribution < 1.29 is 10.9 Å². The Bertz CT molecular complexity index is 568. The summed E-state index contributed by atoms with van der Waals surface area (Å²) in [4.78, 5) is 0. The fraction of sp³-hybridized carbons (Fsp3) is 0. The predicted octanol–water partition coefficient (Wildman–Crippen LogP) is 5.68. The zero-order valence-electron chi connectivity index (χ0n) is 8.85. The third-order valence-electron chi connectivity index (χ3n) is 2.65. The van der Waals surface area contributed by atoms with E-state index < -0.39 is 0 Å². The van der Waals surface area contributed by atoms with Gasteiger partial charge in [0.15, 0.2) is 0 Å². The van der Waals surface area contributed by atoms with Crippen LogP contribution in [0.5, 0.6) is 0 Å². The van der Waals surface area contributed by atoms with Crippen molar-refractivity contribution in [2.45, 2.75) is 0 Å². The van der Waals surface area contributed by atoms with Crippen molar-refractivity contribution in [3.63, 3.8) is 0 Å². The fourth-order valence-corrected chi connectivity index (χ4v) is 1.95. The Hall–Kier alpha value is -0.366. The number of fused-ring (bicyclic) bond motifs is 3. The molecule has 0 unspecified atom stereocenters. The average Bonchev–Trinajstić information content (AvgIpc) is 2.40. The van der Waals surface area contributed by atoms with Gasteiger partial charge in [0.25, 0.3) is 0 Å². The minimum atomic E-state index is 1.25. The fourth-order valence-electron chi connectivity index (χ4n) is 1.95. The van der Waals surface area contributed by atoms with E-state index in [0.29, 0.717) is 0 Å². The first-order valence-corrected chi connectivity index (χ1v) is 9.94. The largest absolute Gasteiger partial charge is 0.0616 e. The van der Waals surface area contributed by atoms with Gasteiger partial charge in [0.05, 0.1) is 0 Å². The summed E-state index contributed by atoms with van der Waals surface area (Å²) in [7, 11) is 1.25. The van der Waals surface area contributed by atoms with Crippen molar-refractivity contribution in [3.05, 3.63) is 60.7 Å². The summed E-state index contributed by atoms with van der Waals surface area (Å²) in [5, 5.41) is 5.30. The van der Waals surface area contributed by atoms with E-state index in [0.717, 1.165) is 0 Å². The zero-order valence-corrected chi connectivity index (χ0v) is 13.0. The van der Waals surface area contributed by atoms with E-state index >= 15 is 0 Å². The van der Waals surface area contributed by atoms with Crippen LogP contribution in [-0.2, 0) is 10.9 Å². The summed E-state index contributed by atoms with van der Waals surface area (Å²) < 4.78 is 0. The molecule has 0 spiro atoms. The third kappa shape index (κ3) is 3.10. The van der Waals surface area contributed by atoms with Gasteiger partial charge in [-0.1, -0.05) is 60.7 Å². The minimum absolute atomic E-state index is 1.25. The average molecular weight is 397 g/mol. The molecule has 0 aromatic heterocycles. The molecule has 0 aliphatic rings. The molecule has 0 aliphatic carbocycles. The maximum absolute atomic E-state index is 3.00. The molecule has 0 radical (unpaired) electrons. The monoisotopic (exact) mass is 394 g/mol. The molecule has 90 valence electrons. The summed E-state index contributed by atoms with van der Waals surface area (Å²) >= 11 is 6.00. The molecule has 3 rings (SSSR count). The Kier molecular flexibility index (Phi) is 5.03. The smallest absolute Gasteiger partial charge is 0.0105 e. The van der Waals surface area contributed by atoms with Crippen LogP contribution >= 0.6 is 28.5 Å². The second-order valence-electron chi connectivity index (χ2n) is 3.55. The second kappa shape index (κ2) is 6.54. The van der Waals surface area contributed by atoms with Crippen LogP contribution in [0.4, 0.5) is 0 Å². The first kappa shape index (κ1) is 13.1. The van der Waals surface area contributed by atoms with Crippen LogP contribution in [0.1, 0.15) is 0 Å². The van der Waals surface area contributed by atoms with E-state index in [1.165, 1.54) is 32.4 Å². The van der Waals surface area contributed by atoms with Crippen LogP contribution in [0.3, 0.4) is 0 Å². The van der Waals surface area contributed by atoms with E-state index in [4.69, 9.17) is 0 Å². The summed E-state index contributed by atoms with van der Waals surface area (Å²) in [5.41, 5.74) is 0. The topological polar surface area (TPSA) is 0 Å². The number of halogens is 2. The van der Waals surface area contributed by atoms with Gasteiger partial charge in [-0.05, 0) is 21.5 Å². The Morgan fingerprint density at radius 2 is 0.941 bits per heavy atom. The molecule has 3 aromatic rings. The van der Waals surface area contributed by atoms with Gasteiger partial charge in [-0.25, -0.2) is 0 Å². The molecule has 3 heteroatoms. The molecule has 0 N–H and O–H groups in total. The van der Waals surface area contributed by atoms with Crippen molar-refractivity contribution in [1.82, 2.24) is 0 Å². The molecule has 0 saturated carbocycles. The first-order valence-electron chi connectivity index (χ1n) is 5.05. The summed E-state index contributed by atoms with van der Waals surface area (Å²) in [5.74, 6) is 0. The number of benzene rings is 3. The second-order valence-corrected chi connectivity index (χ2v) is 8.54. The first-order chi connectivity index (χ1) is 8.36. The quantitative estimate of drug-likeness (QED) is 0.339. The van der Waals surface area contributed by atoms with E-state index in [2.05, 4.69) is 89.1 Å².